The molecule has 1 unspecified atom stereocenters. The van der Waals surface area contributed by atoms with Crippen LogP contribution >= 0.6 is 0 Å². The van der Waals surface area contributed by atoms with Crippen LogP contribution in [0.15, 0.2) is 48.5 Å². The zero-order valence-corrected chi connectivity index (χ0v) is 11.6. The molecule has 2 aromatic carbocycles. The van der Waals surface area contributed by atoms with Gasteiger partial charge >= 0.3 is 0 Å². The number of aliphatic hydroxyl groups is 1. The second-order valence-corrected chi connectivity index (χ2v) is 4.99. The monoisotopic (exact) mass is 255 g/mol. The lowest BCUT2D eigenvalue weighted by Gasteiger charge is -2.15. The minimum atomic E-state index is 0.0986. The fourth-order valence-corrected chi connectivity index (χ4v) is 2.08. The lowest BCUT2D eigenvalue weighted by atomic mass is 10.1. The fourth-order valence-electron chi connectivity index (χ4n) is 2.08. The van der Waals surface area contributed by atoms with Crippen LogP contribution in [0.4, 0.5) is 0 Å². The Bertz CT molecular complexity index is 519. The lowest BCUT2D eigenvalue weighted by Crippen LogP contribution is -2.18. The van der Waals surface area contributed by atoms with Crippen molar-refractivity contribution in [3.05, 3.63) is 70.8 Å². The van der Waals surface area contributed by atoms with Crippen LogP contribution in [0.2, 0.25) is 0 Å². The molecule has 19 heavy (non-hydrogen) atoms. The molecule has 2 heteroatoms. The van der Waals surface area contributed by atoms with Gasteiger partial charge in [-0.15, -0.1) is 0 Å². The summed E-state index contributed by atoms with van der Waals surface area (Å²) in [4.78, 5) is 0. The van der Waals surface area contributed by atoms with E-state index in [0.717, 1.165) is 12.1 Å². The van der Waals surface area contributed by atoms with Gasteiger partial charge in [0.25, 0.3) is 0 Å². The highest BCUT2D eigenvalue weighted by atomic mass is 16.3. The highest BCUT2D eigenvalue weighted by Gasteiger charge is 2.04. The van der Waals surface area contributed by atoms with Crippen molar-refractivity contribution in [1.29, 1.82) is 0 Å². The van der Waals surface area contributed by atoms with Crippen molar-refractivity contribution in [1.82, 2.24) is 5.32 Å². The van der Waals surface area contributed by atoms with Crippen molar-refractivity contribution >= 4 is 0 Å². The Labute approximate surface area is 115 Å². The van der Waals surface area contributed by atoms with Crippen molar-refractivity contribution in [2.75, 3.05) is 0 Å². The quantitative estimate of drug-likeness (QED) is 0.859. The predicted octanol–water partition coefficient (Wildman–Crippen LogP) is 3.34. The summed E-state index contributed by atoms with van der Waals surface area (Å²) in [7, 11) is 0. The van der Waals surface area contributed by atoms with Crippen molar-refractivity contribution in [2.45, 2.75) is 33.0 Å². The standard InChI is InChI=1S/C17H21NO/c1-13-6-8-17(9-7-13)14(2)18-11-15-4-3-5-16(10-15)12-19/h3-10,14,18-19H,11-12H2,1-2H3. The molecular formula is C17H21NO. The van der Waals surface area contributed by atoms with Gasteiger partial charge in [0.05, 0.1) is 6.61 Å². The Morgan fingerprint density at radius 2 is 1.74 bits per heavy atom. The van der Waals surface area contributed by atoms with Crippen molar-refractivity contribution in [2.24, 2.45) is 0 Å². The summed E-state index contributed by atoms with van der Waals surface area (Å²) in [6, 6.07) is 17.0. The van der Waals surface area contributed by atoms with Gasteiger partial charge in [-0.3, -0.25) is 0 Å². The molecule has 0 aliphatic rings. The maximum atomic E-state index is 9.12. The van der Waals surface area contributed by atoms with Crippen molar-refractivity contribution in [3.63, 3.8) is 0 Å². The van der Waals surface area contributed by atoms with E-state index < -0.39 is 0 Å². The molecule has 0 aliphatic heterocycles. The van der Waals surface area contributed by atoms with E-state index in [2.05, 4.69) is 49.5 Å². The Morgan fingerprint density at radius 3 is 2.42 bits per heavy atom. The van der Waals surface area contributed by atoms with Gasteiger partial charge in [0.15, 0.2) is 0 Å². The molecule has 0 amide bonds. The van der Waals surface area contributed by atoms with Crippen LogP contribution < -0.4 is 5.32 Å². The molecule has 0 radical (unpaired) electrons. The smallest absolute Gasteiger partial charge is 0.0681 e. The van der Waals surface area contributed by atoms with Gasteiger partial charge in [0.2, 0.25) is 0 Å². The van der Waals surface area contributed by atoms with E-state index in [4.69, 9.17) is 5.11 Å². The number of aryl methyl sites for hydroxylation is 1. The molecule has 0 saturated heterocycles. The first-order valence-electron chi connectivity index (χ1n) is 6.67. The van der Waals surface area contributed by atoms with Gasteiger partial charge in [-0.25, -0.2) is 0 Å². The maximum absolute atomic E-state index is 9.12. The zero-order valence-electron chi connectivity index (χ0n) is 11.6. The SMILES string of the molecule is Cc1ccc(C(C)NCc2cccc(CO)c2)cc1. The number of hydrogen-bond donors (Lipinski definition) is 2. The molecule has 0 fully saturated rings. The average Bonchev–Trinajstić information content (AvgIpc) is 2.46. The Hall–Kier alpha value is -1.64. The van der Waals surface area contributed by atoms with Gasteiger partial charge in [-0.1, -0.05) is 54.1 Å². The summed E-state index contributed by atoms with van der Waals surface area (Å²) < 4.78 is 0. The number of rotatable bonds is 5. The molecule has 2 rings (SSSR count). The van der Waals surface area contributed by atoms with Crippen LogP contribution in [-0.4, -0.2) is 5.11 Å². The summed E-state index contributed by atoms with van der Waals surface area (Å²) in [6.07, 6.45) is 0. The van der Waals surface area contributed by atoms with Crippen LogP contribution in [0, 0.1) is 6.92 Å². The van der Waals surface area contributed by atoms with E-state index >= 15 is 0 Å². The summed E-state index contributed by atoms with van der Waals surface area (Å²) in [5.74, 6) is 0. The van der Waals surface area contributed by atoms with Crippen LogP contribution in [0.1, 0.15) is 35.2 Å². The molecule has 2 N–H and O–H groups in total. The number of hydrogen-bond acceptors (Lipinski definition) is 2. The molecule has 0 spiro atoms. The van der Waals surface area contributed by atoms with Crippen LogP contribution in [0.25, 0.3) is 0 Å². The third-order valence-electron chi connectivity index (χ3n) is 3.36. The molecule has 2 aromatic rings. The van der Waals surface area contributed by atoms with E-state index in [9.17, 15) is 0 Å². The van der Waals surface area contributed by atoms with E-state index in [1.165, 1.54) is 16.7 Å². The maximum Gasteiger partial charge on any atom is 0.0681 e. The lowest BCUT2D eigenvalue weighted by molar-refractivity contribution is 0.281. The molecule has 0 heterocycles. The second-order valence-electron chi connectivity index (χ2n) is 4.99. The van der Waals surface area contributed by atoms with Gasteiger partial charge in [0.1, 0.15) is 0 Å². The van der Waals surface area contributed by atoms with Crippen molar-refractivity contribution in [3.8, 4) is 0 Å². The van der Waals surface area contributed by atoms with Crippen molar-refractivity contribution < 1.29 is 5.11 Å². The number of benzene rings is 2. The van der Waals surface area contributed by atoms with E-state index in [1.807, 2.05) is 18.2 Å². The Kier molecular flexibility index (Phi) is 4.72. The Balaban J connectivity index is 1.96. The Morgan fingerprint density at radius 1 is 1.05 bits per heavy atom. The van der Waals surface area contributed by atoms with Crippen LogP contribution in [-0.2, 0) is 13.2 Å². The molecule has 0 bridgehead atoms. The fraction of sp³-hybridized carbons (Fsp3) is 0.294. The average molecular weight is 255 g/mol. The number of nitrogens with one attached hydrogen (secondary N) is 1. The largest absolute Gasteiger partial charge is 0.392 e. The third-order valence-corrected chi connectivity index (χ3v) is 3.36. The minimum Gasteiger partial charge on any atom is -0.392 e. The molecule has 2 nitrogen and oxygen atoms in total. The predicted molar refractivity (Wildman–Crippen MR) is 78.8 cm³/mol. The van der Waals surface area contributed by atoms with E-state index in [0.29, 0.717) is 6.04 Å². The molecule has 0 saturated carbocycles. The molecule has 0 aromatic heterocycles. The zero-order chi connectivity index (χ0) is 13.7. The molecule has 100 valence electrons. The highest BCUT2D eigenvalue weighted by molar-refractivity contribution is 5.25. The first kappa shape index (κ1) is 13.8. The highest BCUT2D eigenvalue weighted by Crippen LogP contribution is 2.14. The van der Waals surface area contributed by atoms with Gasteiger partial charge in [0, 0.05) is 12.6 Å². The summed E-state index contributed by atoms with van der Waals surface area (Å²) >= 11 is 0. The number of aliphatic hydroxyl groups excluding tert-OH is 1. The van der Waals surface area contributed by atoms with Crippen LogP contribution in [0.5, 0.6) is 0 Å². The topological polar surface area (TPSA) is 32.3 Å². The summed E-state index contributed by atoms with van der Waals surface area (Å²) in [5.41, 5.74) is 4.74. The summed E-state index contributed by atoms with van der Waals surface area (Å²) in [5, 5.41) is 12.6. The third kappa shape index (κ3) is 3.91. The molecule has 1 atom stereocenters. The normalized spacial score (nSPS) is 12.4. The van der Waals surface area contributed by atoms with E-state index in [-0.39, 0.29) is 6.61 Å². The van der Waals surface area contributed by atoms with Crippen LogP contribution in [0.3, 0.4) is 0 Å². The van der Waals surface area contributed by atoms with Gasteiger partial charge < -0.3 is 10.4 Å². The van der Waals surface area contributed by atoms with Gasteiger partial charge in [-0.2, -0.15) is 0 Å². The first-order valence-corrected chi connectivity index (χ1v) is 6.67. The summed E-state index contributed by atoms with van der Waals surface area (Å²) in [6.45, 7) is 5.17. The van der Waals surface area contributed by atoms with Gasteiger partial charge in [-0.05, 0) is 30.5 Å². The first-order chi connectivity index (χ1) is 9.19. The minimum absolute atomic E-state index is 0.0986. The molecule has 0 aliphatic carbocycles. The molecular weight excluding hydrogens is 234 g/mol. The second kappa shape index (κ2) is 6.50. The van der Waals surface area contributed by atoms with E-state index in [1.54, 1.807) is 0 Å².